The van der Waals surface area contributed by atoms with E-state index in [1.807, 2.05) is 11.9 Å². The Morgan fingerprint density at radius 2 is 2.39 bits per heavy atom. The fourth-order valence-corrected chi connectivity index (χ4v) is 1.43. The van der Waals surface area contributed by atoms with E-state index < -0.39 is 0 Å². The molecule has 0 bridgehead atoms. The fourth-order valence-electron chi connectivity index (χ4n) is 1.43. The molecule has 0 aliphatic rings. The molecule has 0 atom stereocenters. The molecule has 0 saturated carbocycles. The molecule has 1 rings (SSSR count). The first-order valence-electron chi connectivity index (χ1n) is 5.69. The van der Waals surface area contributed by atoms with Crippen LogP contribution in [0.4, 0.5) is 0 Å². The van der Waals surface area contributed by atoms with Gasteiger partial charge in [0.15, 0.2) is 5.96 Å². The number of hydrogen-bond acceptors (Lipinski definition) is 4. The van der Waals surface area contributed by atoms with Crippen molar-refractivity contribution in [3.05, 3.63) is 18.0 Å². The smallest absolute Gasteiger partial charge is 0.221 e. The molecule has 18 heavy (non-hydrogen) atoms. The second-order valence-corrected chi connectivity index (χ2v) is 3.74. The third-order valence-corrected chi connectivity index (χ3v) is 2.38. The van der Waals surface area contributed by atoms with Crippen molar-refractivity contribution in [2.45, 2.75) is 13.0 Å². The second-order valence-electron chi connectivity index (χ2n) is 3.74. The Labute approximate surface area is 106 Å². The first-order chi connectivity index (χ1) is 8.67. The van der Waals surface area contributed by atoms with E-state index in [-0.39, 0.29) is 5.91 Å². The zero-order valence-electron chi connectivity index (χ0n) is 10.9. The predicted molar refractivity (Wildman–Crippen MR) is 68.0 cm³/mol. The van der Waals surface area contributed by atoms with E-state index in [0.29, 0.717) is 25.5 Å². The number of amides is 1. The van der Waals surface area contributed by atoms with E-state index in [2.05, 4.69) is 20.8 Å². The van der Waals surface area contributed by atoms with Gasteiger partial charge >= 0.3 is 0 Å². The minimum absolute atomic E-state index is 0.00268. The number of nitrogens with one attached hydrogen (secondary N) is 2. The van der Waals surface area contributed by atoms with Crippen molar-refractivity contribution in [1.29, 1.82) is 0 Å². The van der Waals surface area contributed by atoms with Crippen LogP contribution >= 0.6 is 0 Å². The summed E-state index contributed by atoms with van der Waals surface area (Å²) >= 11 is 0. The van der Waals surface area contributed by atoms with Gasteiger partial charge in [-0.2, -0.15) is 0 Å². The molecule has 7 heteroatoms. The SMILES string of the molecule is CN=C(NCCC(=O)NC)N(C)Cc1ccon1. The molecule has 100 valence electrons. The number of carbonyl (C=O) groups is 1. The van der Waals surface area contributed by atoms with E-state index in [1.165, 1.54) is 6.26 Å². The van der Waals surface area contributed by atoms with Crippen LogP contribution in [-0.4, -0.2) is 49.6 Å². The molecule has 0 unspecified atom stereocenters. The van der Waals surface area contributed by atoms with Gasteiger partial charge in [0, 0.05) is 40.2 Å². The van der Waals surface area contributed by atoms with E-state index in [4.69, 9.17) is 4.52 Å². The van der Waals surface area contributed by atoms with Crippen LogP contribution in [0.3, 0.4) is 0 Å². The topological polar surface area (TPSA) is 82.8 Å². The molecule has 1 heterocycles. The number of nitrogens with zero attached hydrogens (tertiary/aromatic N) is 3. The number of aliphatic imine (C=N–C) groups is 1. The first-order valence-corrected chi connectivity index (χ1v) is 5.69. The molecule has 0 saturated heterocycles. The minimum atomic E-state index is -0.00268. The highest BCUT2D eigenvalue weighted by atomic mass is 16.5. The van der Waals surface area contributed by atoms with E-state index >= 15 is 0 Å². The summed E-state index contributed by atoms with van der Waals surface area (Å²) in [6.45, 7) is 1.13. The maximum atomic E-state index is 11.1. The Balaban J connectivity index is 2.38. The van der Waals surface area contributed by atoms with Crippen molar-refractivity contribution < 1.29 is 9.32 Å². The first kappa shape index (κ1) is 14.0. The normalized spacial score (nSPS) is 11.2. The molecule has 0 aliphatic carbocycles. The van der Waals surface area contributed by atoms with Crippen molar-refractivity contribution in [3.8, 4) is 0 Å². The summed E-state index contributed by atoms with van der Waals surface area (Å²) in [6.07, 6.45) is 1.94. The average molecular weight is 253 g/mol. The molecule has 0 fully saturated rings. The second kappa shape index (κ2) is 7.31. The lowest BCUT2D eigenvalue weighted by Gasteiger charge is -2.20. The van der Waals surface area contributed by atoms with Crippen molar-refractivity contribution in [2.75, 3.05) is 27.7 Å². The Kier molecular flexibility index (Phi) is 5.69. The van der Waals surface area contributed by atoms with E-state index in [1.54, 1.807) is 20.2 Å². The quantitative estimate of drug-likeness (QED) is 0.562. The Bertz CT molecular complexity index is 388. The van der Waals surface area contributed by atoms with E-state index in [9.17, 15) is 4.79 Å². The number of hydrogen-bond donors (Lipinski definition) is 2. The van der Waals surface area contributed by atoms with Gasteiger partial charge in [0.1, 0.15) is 12.0 Å². The summed E-state index contributed by atoms with van der Waals surface area (Å²) in [5.74, 6) is 0.707. The Morgan fingerprint density at radius 1 is 1.61 bits per heavy atom. The highest BCUT2D eigenvalue weighted by Gasteiger charge is 2.08. The number of carbonyl (C=O) groups excluding carboxylic acids is 1. The third-order valence-electron chi connectivity index (χ3n) is 2.38. The maximum Gasteiger partial charge on any atom is 0.221 e. The van der Waals surface area contributed by atoms with Crippen LogP contribution in [0.5, 0.6) is 0 Å². The zero-order chi connectivity index (χ0) is 13.4. The molecule has 0 radical (unpaired) electrons. The monoisotopic (exact) mass is 253 g/mol. The van der Waals surface area contributed by atoms with Crippen molar-refractivity contribution >= 4 is 11.9 Å². The molecule has 0 aliphatic heterocycles. The highest BCUT2D eigenvalue weighted by molar-refractivity contribution is 5.81. The summed E-state index contributed by atoms with van der Waals surface area (Å²) in [7, 11) is 5.21. The Hall–Kier alpha value is -2.05. The number of aromatic nitrogens is 1. The summed E-state index contributed by atoms with van der Waals surface area (Å²) in [4.78, 5) is 17.1. The van der Waals surface area contributed by atoms with Crippen molar-refractivity contribution in [3.63, 3.8) is 0 Å². The van der Waals surface area contributed by atoms with Crippen LogP contribution in [0.1, 0.15) is 12.1 Å². The van der Waals surface area contributed by atoms with Crippen LogP contribution in [-0.2, 0) is 11.3 Å². The lowest BCUT2D eigenvalue weighted by molar-refractivity contribution is -0.120. The molecule has 1 aromatic heterocycles. The summed E-state index contributed by atoms with van der Waals surface area (Å²) in [5, 5.41) is 9.50. The zero-order valence-corrected chi connectivity index (χ0v) is 10.9. The molecule has 2 N–H and O–H groups in total. The van der Waals surface area contributed by atoms with Crippen LogP contribution < -0.4 is 10.6 Å². The molecular weight excluding hydrogens is 234 g/mol. The third kappa shape index (κ3) is 4.44. The van der Waals surface area contributed by atoms with Crippen LogP contribution in [0, 0.1) is 0 Å². The predicted octanol–water partition coefficient (Wildman–Crippen LogP) is -0.182. The summed E-state index contributed by atoms with van der Waals surface area (Å²) < 4.78 is 4.77. The summed E-state index contributed by atoms with van der Waals surface area (Å²) in [6, 6.07) is 1.80. The molecule has 0 aromatic carbocycles. The van der Waals surface area contributed by atoms with Gasteiger partial charge in [-0.25, -0.2) is 0 Å². The van der Waals surface area contributed by atoms with Gasteiger partial charge in [0.25, 0.3) is 0 Å². The van der Waals surface area contributed by atoms with Crippen molar-refractivity contribution in [1.82, 2.24) is 20.7 Å². The number of guanidine groups is 1. The average Bonchev–Trinajstić information content (AvgIpc) is 2.86. The van der Waals surface area contributed by atoms with Crippen LogP contribution in [0.25, 0.3) is 0 Å². The van der Waals surface area contributed by atoms with Crippen LogP contribution in [0.15, 0.2) is 21.8 Å². The van der Waals surface area contributed by atoms with Gasteiger partial charge in [-0.05, 0) is 0 Å². The van der Waals surface area contributed by atoms with Gasteiger partial charge < -0.3 is 20.1 Å². The molecule has 7 nitrogen and oxygen atoms in total. The van der Waals surface area contributed by atoms with Gasteiger partial charge in [-0.3, -0.25) is 9.79 Å². The lowest BCUT2D eigenvalue weighted by Crippen LogP contribution is -2.40. The minimum Gasteiger partial charge on any atom is -0.364 e. The molecule has 1 aromatic rings. The molecule has 0 spiro atoms. The summed E-state index contributed by atoms with van der Waals surface area (Å²) in [5.41, 5.74) is 0.826. The van der Waals surface area contributed by atoms with Crippen LogP contribution in [0.2, 0.25) is 0 Å². The standard InChI is InChI=1S/C11H19N5O2/c1-12-10(17)4-6-14-11(13-2)16(3)8-9-5-7-18-15-9/h5,7H,4,6,8H2,1-3H3,(H,12,17)(H,13,14). The van der Waals surface area contributed by atoms with Gasteiger partial charge in [-0.15, -0.1) is 0 Å². The van der Waals surface area contributed by atoms with Gasteiger partial charge in [0.05, 0.1) is 6.54 Å². The lowest BCUT2D eigenvalue weighted by atomic mass is 10.4. The fraction of sp³-hybridized carbons (Fsp3) is 0.545. The Morgan fingerprint density at radius 3 is 2.94 bits per heavy atom. The highest BCUT2D eigenvalue weighted by Crippen LogP contribution is 1.99. The maximum absolute atomic E-state index is 11.1. The number of rotatable bonds is 5. The largest absolute Gasteiger partial charge is 0.364 e. The van der Waals surface area contributed by atoms with Gasteiger partial charge in [0.2, 0.25) is 5.91 Å². The molecule has 1 amide bonds. The van der Waals surface area contributed by atoms with Crippen molar-refractivity contribution in [2.24, 2.45) is 4.99 Å². The van der Waals surface area contributed by atoms with E-state index in [0.717, 1.165) is 5.69 Å². The van der Waals surface area contributed by atoms with Gasteiger partial charge in [-0.1, -0.05) is 5.16 Å². The molecular formula is C11H19N5O2.